The highest BCUT2D eigenvalue weighted by molar-refractivity contribution is 5.17. The number of fused-ring (bicyclic) bond motifs is 1. The van der Waals surface area contributed by atoms with E-state index in [0.717, 1.165) is 17.8 Å². The number of nitrogens with zero attached hydrogens (tertiary/aromatic N) is 1. The van der Waals surface area contributed by atoms with Gasteiger partial charge in [0, 0.05) is 5.57 Å². The van der Waals surface area contributed by atoms with Crippen LogP contribution in [0.25, 0.3) is 4.85 Å². The first-order valence-electron chi connectivity index (χ1n) is 7.09. The van der Waals surface area contributed by atoms with E-state index in [9.17, 15) is 0 Å². The van der Waals surface area contributed by atoms with Gasteiger partial charge in [0.25, 0.3) is 0 Å². The number of hydrogen-bond donors (Lipinski definition) is 0. The average Bonchev–Trinajstić information content (AvgIpc) is 2.49. The van der Waals surface area contributed by atoms with Crippen LogP contribution in [0.2, 0.25) is 0 Å². The Morgan fingerprint density at radius 2 is 2.24 bits per heavy atom. The molecule has 0 aromatic carbocycles. The highest BCUT2D eigenvalue weighted by Gasteiger charge is 2.45. The van der Waals surface area contributed by atoms with Gasteiger partial charge in [0.2, 0.25) is 6.54 Å². The minimum Gasteiger partial charge on any atom is -0.312 e. The Morgan fingerprint density at radius 1 is 1.47 bits per heavy atom. The van der Waals surface area contributed by atoms with Crippen LogP contribution in [0.1, 0.15) is 52.9 Å². The fourth-order valence-electron chi connectivity index (χ4n) is 4.01. The summed E-state index contributed by atoms with van der Waals surface area (Å²) in [6.07, 6.45) is 9.10. The molecule has 2 aliphatic carbocycles. The van der Waals surface area contributed by atoms with Gasteiger partial charge in [-0.25, -0.2) is 6.57 Å². The van der Waals surface area contributed by atoms with Crippen molar-refractivity contribution >= 4 is 0 Å². The molecule has 94 valence electrons. The zero-order chi connectivity index (χ0) is 12.5. The Kier molecular flexibility index (Phi) is 3.61. The summed E-state index contributed by atoms with van der Waals surface area (Å²) in [5, 5.41) is 0. The summed E-state index contributed by atoms with van der Waals surface area (Å²) in [4.78, 5) is 3.59. The normalized spacial score (nSPS) is 37.2. The number of hydrogen-bond acceptors (Lipinski definition) is 0. The molecule has 0 aromatic heterocycles. The minimum absolute atomic E-state index is 0.527. The van der Waals surface area contributed by atoms with E-state index in [2.05, 4.69) is 31.7 Å². The summed E-state index contributed by atoms with van der Waals surface area (Å²) >= 11 is 0. The molecular weight excluding hydrogens is 206 g/mol. The van der Waals surface area contributed by atoms with E-state index in [4.69, 9.17) is 6.57 Å². The number of allylic oxidation sites excluding steroid dienone is 1. The molecule has 1 nitrogen and oxygen atoms in total. The molecule has 0 amide bonds. The van der Waals surface area contributed by atoms with Crippen LogP contribution in [-0.2, 0) is 0 Å². The summed E-state index contributed by atoms with van der Waals surface area (Å²) < 4.78 is 0. The Bertz CT molecular complexity index is 347. The van der Waals surface area contributed by atoms with E-state index in [1.165, 1.54) is 37.7 Å². The molecule has 3 atom stereocenters. The third-order valence-electron chi connectivity index (χ3n) is 5.11. The van der Waals surface area contributed by atoms with E-state index in [1.54, 1.807) is 0 Å². The highest BCUT2D eigenvalue weighted by atomic mass is 14.6. The fraction of sp³-hybridized carbons (Fsp3) is 0.812. The first-order valence-corrected chi connectivity index (χ1v) is 7.09. The Labute approximate surface area is 106 Å². The largest absolute Gasteiger partial charge is 0.312 e. The summed E-state index contributed by atoms with van der Waals surface area (Å²) in [6.45, 7) is 14.9. The maximum absolute atomic E-state index is 7.07. The molecular formula is C16H25N. The van der Waals surface area contributed by atoms with E-state index in [0.29, 0.717) is 12.0 Å². The van der Waals surface area contributed by atoms with E-state index < -0.39 is 0 Å². The second kappa shape index (κ2) is 4.84. The lowest BCUT2D eigenvalue weighted by Gasteiger charge is -2.32. The standard InChI is InChI=1S/C16H25N/c1-12(2)14-7-9-16(3)8-5-6-13(11-17-4)10-15(14)16/h10,12,14-15H,5-9,11H2,1-3H3/t14-,15+,16+/m0/s1. The van der Waals surface area contributed by atoms with Crippen LogP contribution in [0.4, 0.5) is 0 Å². The molecule has 0 aliphatic heterocycles. The SMILES string of the molecule is [C-]#[N+]CC1=C[C@@H]2[C@H](C(C)C)CC[C@@]2(C)CCC1. The lowest BCUT2D eigenvalue weighted by molar-refractivity contribution is 0.200. The molecule has 2 aliphatic rings. The zero-order valence-corrected chi connectivity index (χ0v) is 11.5. The van der Waals surface area contributed by atoms with Gasteiger partial charge in [-0.15, -0.1) is 0 Å². The van der Waals surface area contributed by atoms with Crippen molar-refractivity contribution in [2.75, 3.05) is 6.54 Å². The lowest BCUT2D eigenvalue weighted by atomic mass is 9.72. The van der Waals surface area contributed by atoms with Crippen LogP contribution in [0.15, 0.2) is 11.6 Å². The van der Waals surface area contributed by atoms with Crippen LogP contribution >= 0.6 is 0 Å². The second-order valence-corrected chi connectivity index (χ2v) is 6.62. The van der Waals surface area contributed by atoms with Gasteiger partial charge >= 0.3 is 0 Å². The third kappa shape index (κ3) is 2.41. The molecule has 0 unspecified atom stereocenters. The van der Waals surface area contributed by atoms with Crippen molar-refractivity contribution in [3.8, 4) is 0 Å². The van der Waals surface area contributed by atoms with Gasteiger partial charge in [-0.2, -0.15) is 0 Å². The molecule has 1 fully saturated rings. The second-order valence-electron chi connectivity index (χ2n) is 6.62. The first-order chi connectivity index (χ1) is 8.07. The zero-order valence-electron chi connectivity index (χ0n) is 11.5. The van der Waals surface area contributed by atoms with Crippen LogP contribution in [-0.4, -0.2) is 6.54 Å². The lowest BCUT2D eigenvalue weighted by Crippen LogP contribution is -2.25. The third-order valence-corrected chi connectivity index (χ3v) is 5.11. The van der Waals surface area contributed by atoms with Crippen molar-refractivity contribution in [3.63, 3.8) is 0 Å². The molecule has 0 N–H and O–H groups in total. The topological polar surface area (TPSA) is 4.36 Å². The molecule has 17 heavy (non-hydrogen) atoms. The molecule has 0 saturated heterocycles. The quantitative estimate of drug-likeness (QED) is 0.479. The summed E-state index contributed by atoms with van der Waals surface area (Å²) in [7, 11) is 0. The Hall–Kier alpha value is -0.770. The molecule has 0 bridgehead atoms. The molecule has 0 radical (unpaired) electrons. The Balaban J connectivity index is 2.26. The van der Waals surface area contributed by atoms with Crippen molar-refractivity contribution in [3.05, 3.63) is 23.1 Å². The van der Waals surface area contributed by atoms with Gasteiger partial charge in [0.05, 0.1) is 0 Å². The highest BCUT2D eigenvalue weighted by Crippen LogP contribution is 2.54. The van der Waals surface area contributed by atoms with E-state index in [1.807, 2.05) is 0 Å². The smallest absolute Gasteiger partial charge is 0.235 e. The van der Waals surface area contributed by atoms with Crippen molar-refractivity contribution in [2.45, 2.75) is 52.9 Å². The van der Waals surface area contributed by atoms with Gasteiger partial charge in [-0.1, -0.05) is 26.8 Å². The predicted molar refractivity (Wildman–Crippen MR) is 72.6 cm³/mol. The van der Waals surface area contributed by atoms with Crippen LogP contribution in [0.5, 0.6) is 0 Å². The van der Waals surface area contributed by atoms with Crippen LogP contribution in [0.3, 0.4) is 0 Å². The van der Waals surface area contributed by atoms with Gasteiger partial charge in [-0.05, 0) is 55.3 Å². The Morgan fingerprint density at radius 3 is 2.88 bits per heavy atom. The monoisotopic (exact) mass is 231 g/mol. The fourth-order valence-corrected chi connectivity index (χ4v) is 4.01. The summed E-state index contributed by atoms with van der Waals surface area (Å²) in [5.74, 6) is 2.37. The molecule has 1 heteroatoms. The average molecular weight is 231 g/mol. The van der Waals surface area contributed by atoms with Crippen molar-refractivity contribution < 1.29 is 0 Å². The van der Waals surface area contributed by atoms with Crippen molar-refractivity contribution in [1.29, 1.82) is 0 Å². The minimum atomic E-state index is 0.527. The summed E-state index contributed by atoms with van der Waals surface area (Å²) in [6, 6.07) is 0. The summed E-state index contributed by atoms with van der Waals surface area (Å²) in [5.41, 5.74) is 1.94. The number of rotatable bonds is 2. The predicted octanol–water partition coefficient (Wildman–Crippen LogP) is 4.70. The molecule has 1 saturated carbocycles. The molecule has 0 spiro atoms. The molecule has 0 aromatic rings. The van der Waals surface area contributed by atoms with Crippen molar-refractivity contribution in [1.82, 2.24) is 0 Å². The van der Waals surface area contributed by atoms with Gasteiger partial charge in [0.1, 0.15) is 0 Å². The van der Waals surface area contributed by atoms with Crippen molar-refractivity contribution in [2.24, 2.45) is 23.2 Å². The maximum Gasteiger partial charge on any atom is 0.235 e. The van der Waals surface area contributed by atoms with Gasteiger partial charge in [0.15, 0.2) is 0 Å². The van der Waals surface area contributed by atoms with Crippen LogP contribution in [0, 0.1) is 29.7 Å². The van der Waals surface area contributed by atoms with Gasteiger partial charge in [-0.3, -0.25) is 0 Å². The maximum atomic E-state index is 7.07. The molecule has 2 rings (SSSR count). The van der Waals surface area contributed by atoms with Crippen LogP contribution < -0.4 is 0 Å². The first kappa shape index (κ1) is 12.7. The van der Waals surface area contributed by atoms with Gasteiger partial charge < -0.3 is 4.85 Å². The molecule has 0 heterocycles. The van der Waals surface area contributed by atoms with E-state index >= 15 is 0 Å². The van der Waals surface area contributed by atoms with E-state index in [-0.39, 0.29) is 0 Å².